The summed E-state index contributed by atoms with van der Waals surface area (Å²) in [6.07, 6.45) is 0.271. The summed E-state index contributed by atoms with van der Waals surface area (Å²) in [6, 6.07) is 30.2. The molecule has 1 saturated heterocycles. The van der Waals surface area contributed by atoms with E-state index in [1.165, 1.54) is 0 Å². The van der Waals surface area contributed by atoms with Crippen molar-refractivity contribution in [2.45, 2.75) is 51.4 Å². The highest BCUT2D eigenvalue weighted by Gasteiger charge is 2.49. The fourth-order valence-corrected chi connectivity index (χ4v) is 4.63. The third kappa shape index (κ3) is 5.98. The third-order valence-corrected chi connectivity index (χ3v) is 6.22. The number of rotatable bonds is 7. The summed E-state index contributed by atoms with van der Waals surface area (Å²) in [5, 5.41) is 0. The minimum Gasteiger partial charge on any atom is -0.447 e. The Morgan fingerprint density at radius 3 is 1.89 bits per heavy atom. The Hall–Kier alpha value is -3.44. The summed E-state index contributed by atoms with van der Waals surface area (Å²) in [5.41, 5.74) is 2.91. The molecule has 1 atom stereocenters. The highest BCUT2D eigenvalue weighted by Crippen LogP contribution is 2.35. The molecule has 5 nitrogen and oxygen atoms in total. The van der Waals surface area contributed by atoms with Gasteiger partial charge in [0.25, 0.3) is 0 Å². The van der Waals surface area contributed by atoms with E-state index in [4.69, 9.17) is 14.5 Å². The van der Waals surface area contributed by atoms with Crippen molar-refractivity contribution in [2.75, 3.05) is 13.2 Å². The van der Waals surface area contributed by atoms with Crippen LogP contribution in [0.25, 0.3) is 0 Å². The van der Waals surface area contributed by atoms with E-state index in [2.05, 4.69) is 36.4 Å². The second-order valence-corrected chi connectivity index (χ2v) is 10.0. The van der Waals surface area contributed by atoms with E-state index in [0.717, 1.165) is 22.4 Å². The summed E-state index contributed by atoms with van der Waals surface area (Å²) < 4.78 is 11.8. The van der Waals surface area contributed by atoms with E-state index in [1.807, 2.05) is 82.3 Å². The van der Waals surface area contributed by atoms with Crippen molar-refractivity contribution in [1.29, 1.82) is 0 Å². The number of hydrogen-bond donors (Lipinski definition) is 0. The van der Waals surface area contributed by atoms with E-state index >= 15 is 0 Å². The van der Waals surface area contributed by atoms with Gasteiger partial charge in [-0.2, -0.15) is 0 Å². The van der Waals surface area contributed by atoms with E-state index < -0.39 is 11.3 Å². The predicted octanol–water partition coefficient (Wildman–Crippen LogP) is 6.12. The van der Waals surface area contributed by atoms with Crippen molar-refractivity contribution in [1.82, 2.24) is 4.90 Å². The van der Waals surface area contributed by atoms with Crippen molar-refractivity contribution in [3.63, 3.8) is 0 Å². The van der Waals surface area contributed by atoms with E-state index in [0.29, 0.717) is 13.0 Å². The molecule has 0 unspecified atom stereocenters. The van der Waals surface area contributed by atoms with E-state index in [1.54, 1.807) is 4.90 Å². The van der Waals surface area contributed by atoms with Gasteiger partial charge in [0, 0.05) is 11.1 Å². The molecule has 182 valence electrons. The zero-order valence-electron chi connectivity index (χ0n) is 21.0. The average Bonchev–Trinajstić information content (AvgIpc) is 3.09. The van der Waals surface area contributed by atoms with Crippen molar-refractivity contribution in [2.24, 2.45) is 4.99 Å². The van der Waals surface area contributed by atoms with Gasteiger partial charge < -0.3 is 9.47 Å². The first-order chi connectivity index (χ1) is 16.8. The topological polar surface area (TPSA) is 51.1 Å². The van der Waals surface area contributed by atoms with Gasteiger partial charge in [0.1, 0.15) is 12.3 Å². The summed E-state index contributed by atoms with van der Waals surface area (Å²) in [6.45, 7) is 8.40. The van der Waals surface area contributed by atoms with Crippen molar-refractivity contribution < 1.29 is 14.3 Å². The van der Waals surface area contributed by atoms with Crippen LogP contribution in [0, 0.1) is 0 Å². The molecule has 0 aliphatic carbocycles. The Morgan fingerprint density at radius 2 is 1.40 bits per heavy atom. The van der Waals surface area contributed by atoms with Gasteiger partial charge >= 0.3 is 6.09 Å². The number of benzene rings is 3. The standard InChI is InChI=1S/C30H34N2O3/c1-29(2)22-35-30(3,4)32(29)28(33)34-21-26(20-23-14-8-5-9-15-23)31-27(24-16-10-6-11-17-24)25-18-12-7-13-19-25/h5-19,26H,20-22H2,1-4H3/t26-/m1/s1. The van der Waals surface area contributed by atoms with Gasteiger partial charge in [0.15, 0.2) is 0 Å². The Morgan fingerprint density at radius 1 is 0.886 bits per heavy atom. The third-order valence-electron chi connectivity index (χ3n) is 6.22. The van der Waals surface area contributed by atoms with Crippen molar-refractivity contribution in [3.05, 3.63) is 108 Å². The summed E-state index contributed by atoms with van der Waals surface area (Å²) in [4.78, 5) is 20.1. The quantitative estimate of drug-likeness (QED) is 0.391. The van der Waals surface area contributed by atoms with Crippen LogP contribution in [0.15, 0.2) is 96.0 Å². The molecule has 3 aromatic rings. The Bertz CT molecular complexity index is 1080. The van der Waals surface area contributed by atoms with Gasteiger partial charge in [-0.1, -0.05) is 91.0 Å². The minimum absolute atomic E-state index is 0.166. The summed E-state index contributed by atoms with van der Waals surface area (Å²) >= 11 is 0. The lowest BCUT2D eigenvalue weighted by molar-refractivity contribution is -0.0523. The van der Waals surface area contributed by atoms with Crippen LogP contribution in [0.5, 0.6) is 0 Å². The van der Waals surface area contributed by atoms with Crippen LogP contribution in [0.3, 0.4) is 0 Å². The highest BCUT2D eigenvalue weighted by atomic mass is 16.6. The maximum absolute atomic E-state index is 13.2. The molecule has 5 heteroatoms. The second kappa shape index (κ2) is 10.4. The molecule has 1 aliphatic rings. The number of aliphatic imine (C=N–C) groups is 1. The maximum atomic E-state index is 13.2. The number of ether oxygens (including phenoxy) is 2. The number of carbonyl (C=O) groups excluding carboxylic acids is 1. The molecule has 35 heavy (non-hydrogen) atoms. The first-order valence-corrected chi connectivity index (χ1v) is 12.1. The lowest BCUT2D eigenvalue weighted by Crippen LogP contribution is -2.53. The van der Waals surface area contributed by atoms with E-state index in [-0.39, 0.29) is 18.7 Å². The Labute approximate surface area is 208 Å². The van der Waals surface area contributed by atoms with Gasteiger partial charge in [-0.15, -0.1) is 0 Å². The fourth-order valence-electron chi connectivity index (χ4n) is 4.63. The van der Waals surface area contributed by atoms with Crippen LogP contribution in [0.2, 0.25) is 0 Å². The lowest BCUT2D eigenvalue weighted by atomic mass is 10.0. The van der Waals surface area contributed by atoms with Crippen LogP contribution in [-0.4, -0.2) is 47.2 Å². The van der Waals surface area contributed by atoms with Crippen LogP contribution in [0.4, 0.5) is 4.79 Å². The number of carbonyl (C=O) groups is 1. The van der Waals surface area contributed by atoms with Crippen LogP contribution in [0.1, 0.15) is 44.4 Å². The monoisotopic (exact) mass is 470 g/mol. The smallest absolute Gasteiger partial charge is 0.412 e. The van der Waals surface area contributed by atoms with Gasteiger partial charge in [-0.25, -0.2) is 4.79 Å². The molecule has 3 aromatic carbocycles. The zero-order chi connectivity index (χ0) is 24.9. The molecule has 1 aliphatic heterocycles. The molecule has 0 spiro atoms. The second-order valence-electron chi connectivity index (χ2n) is 10.0. The Balaban J connectivity index is 1.64. The van der Waals surface area contributed by atoms with Crippen molar-refractivity contribution in [3.8, 4) is 0 Å². The normalized spacial score (nSPS) is 17.0. The molecule has 0 saturated carbocycles. The molecular formula is C30H34N2O3. The lowest BCUT2D eigenvalue weighted by Gasteiger charge is -2.36. The number of amides is 1. The summed E-state index contributed by atoms with van der Waals surface area (Å²) in [7, 11) is 0. The number of hydrogen-bond acceptors (Lipinski definition) is 4. The molecule has 1 heterocycles. The first-order valence-electron chi connectivity index (χ1n) is 12.1. The SMILES string of the molecule is CC1(C)COC(C)(C)N1C(=O)OC[C@@H](Cc1ccccc1)N=C(c1ccccc1)c1ccccc1. The predicted molar refractivity (Wildman–Crippen MR) is 140 cm³/mol. The first kappa shape index (κ1) is 24.7. The van der Waals surface area contributed by atoms with Crippen molar-refractivity contribution >= 4 is 11.8 Å². The molecule has 4 rings (SSSR count). The molecule has 1 amide bonds. The maximum Gasteiger partial charge on any atom is 0.412 e. The van der Waals surface area contributed by atoms with E-state index in [9.17, 15) is 4.79 Å². The summed E-state index contributed by atoms with van der Waals surface area (Å²) in [5.74, 6) is 0. The van der Waals surface area contributed by atoms with Gasteiger partial charge in [-0.05, 0) is 39.7 Å². The van der Waals surface area contributed by atoms with Gasteiger partial charge in [0.2, 0.25) is 0 Å². The largest absolute Gasteiger partial charge is 0.447 e. The molecule has 0 aromatic heterocycles. The van der Waals surface area contributed by atoms with Crippen LogP contribution < -0.4 is 0 Å². The van der Waals surface area contributed by atoms with Crippen LogP contribution in [-0.2, 0) is 15.9 Å². The molecule has 0 bridgehead atoms. The molecule has 0 radical (unpaired) electrons. The number of nitrogens with zero attached hydrogens (tertiary/aromatic N) is 2. The highest BCUT2D eigenvalue weighted by molar-refractivity contribution is 6.13. The van der Waals surface area contributed by atoms with Gasteiger partial charge in [0.05, 0.1) is 23.9 Å². The molecule has 0 N–H and O–H groups in total. The zero-order valence-corrected chi connectivity index (χ0v) is 21.0. The molecule has 1 fully saturated rings. The molecular weight excluding hydrogens is 436 g/mol. The van der Waals surface area contributed by atoms with Gasteiger partial charge in [-0.3, -0.25) is 9.89 Å². The average molecular weight is 471 g/mol. The fraction of sp³-hybridized carbons (Fsp3) is 0.333. The van der Waals surface area contributed by atoms with Crippen LogP contribution >= 0.6 is 0 Å². The minimum atomic E-state index is -0.724. The Kier molecular flexibility index (Phi) is 7.37.